The summed E-state index contributed by atoms with van der Waals surface area (Å²) in [4.78, 5) is 4.82. The van der Waals surface area contributed by atoms with E-state index in [1.807, 2.05) is 6.07 Å². The number of aromatic amines is 1. The maximum absolute atomic E-state index is 4.82. The molecule has 1 fully saturated rings. The monoisotopic (exact) mass is 269 g/mol. The van der Waals surface area contributed by atoms with Crippen LogP contribution in [0, 0.1) is 0 Å². The Balaban J connectivity index is 1.85. The highest BCUT2D eigenvalue weighted by atomic mass is 15.2. The minimum absolute atomic E-state index is 0.148. The Kier molecular flexibility index (Phi) is 3.60. The van der Waals surface area contributed by atoms with Crippen molar-refractivity contribution in [1.29, 1.82) is 0 Å². The summed E-state index contributed by atoms with van der Waals surface area (Å²) in [5, 5.41) is 7.69. The molecule has 0 unspecified atom stereocenters. The van der Waals surface area contributed by atoms with Gasteiger partial charge in [-0.15, -0.1) is 0 Å². The van der Waals surface area contributed by atoms with Gasteiger partial charge in [-0.2, -0.15) is 5.10 Å². The Bertz CT molecular complexity index is 551. The first kappa shape index (κ1) is 13.3. The van der Waals surface area contributed by atoms with Crippen LogP contribution >= 0.6 is 0 Å². The smallest absolute Gasteiger partial charge is 0.160 e. The number of H-pyrrole nitrogens is 1. The van der Waals surface area contributed by atoms with E-state index < -0.39 is 0 Å². The van der Waals surface area contributed by atoms with Gasteiger partial charge in [0.05, 0.1) is 5.41 Å². The number of benzene rings is 1. The summed E-state index contributed by atoms with van der Waals surface area (Å²) in [6.45, 7) is 4.38. The van der Waals surface area contributed by atoms with Crippen LogP contribution in [-0.2, 0) is 5.41 Å². The molecule has 0 bridgehead atoms. The first-order valence-corrected chi connectivity index (χ1v) is 7.66. The zero-order valence-corrected chi connectivity index (χ0v) is 12.4. The molecule has 3 heteroatoms. The number of rotatable bonds is 3. The van der Waals surface area contributed by atoms with Crippen LogP contribution in [0.1, 0.15) is 69.1 Å². The molecule has 0 radical (unpaired) electrons. The van der Waals surface area contributed by atoms with Gasteiger partial charge >= 0.3 is 0 Å². The molecule has 1 aliphatic rings. The molecule has 0 atom stereocenters. The number of aromatic nitrogens is 3. The van der Waals surface area contributed by atoms with Gasteiger partial charge in [-0.3, -0.25) is 5.10 Å². The summed E-state index contributed by atoms with van der Waals surface area (Å²) >= 11 is 0. The van der Waals surface area contributed by atoms with Gasteiger partial charge in [-0.05, 0) is 32.3 Å². The maximum atomic E-state index is 4.82. The van der Waals surface area contributed by atoms with Crippen molar-refractivity contribution < 1.29 is 0 Å². The van der Waals surface area contributed by atoms with Crippen LogP contribution < -0.4 is 0 Å². The van der Waals surface area contributed by atoms with E-state index in [1.165, 1.54) is 37.7 Å². The van der Waals surface area contributed by atoms with Gasteiger partial charge < -0.3 is 0 Å². The highest BCUT2D eigenvalue weighted by Gasteiger charge is 2.29. The zero-order valence-electron chi connectivity index (χ0n) is 12.4. The molecule has 0 spiro atoms. The topological polar surface area (TPSA) is 41.6 Å². The van der Waals surface area contributed by atoms with Crippen LogP contribution in [0.4, 0.5) is 0 Å². The van der Waals surface area contributed by atoms with Gasteiger partial charge in [-0.1, -0.05) is 49.6 Å². The average molecular weight is 269 g/mol. The van der Waals surface area contributed by atoms with Crippen molar-refractivity contribution >= 4 is 0 Å². The van der Waals surface area contributed by atoms with E-state index in [1.54, 1.807) is 0 Å². The fourth-order valence-corrected chi connectivity index (χ4v) is 3.10. The van der Waals surface area contributed by atoms with E-state index in [9.17, 15) is 0 Å². The van der Waals surface area contributed by atoms with Crippen LogP contribution in [-0.4, -0.2) is 15.2 Å². The number of nitrogens with one attached hydrogen (secondary N) is 1. The lowest BCUT2D eigenvalue weighted by atomic mass is 9.84. The SMILES string of the molecule is CC(C)(c1ccccc1)c1n[nH]c(C2CCCCC2)n1. The number of hydrogen-bond donors (Lipinski definition) is 1. The van der Waals surface area contributed by atoms with Gasteiger partial charge in [0.2, 0.25) is 0 Å². The Morgan fingerprint density at radius 3 is 2.45 bits per heavy atom. The van der Waals surface area contributed by atoms with Crippen LogP contribution in [0.2, 0.25) is 0 Å². The lowest BCUT2D eigenvalue weighted by Crippen LogP contribution is -2.21. The highest BCUT2D eigenvalue weighted by Crippen LogP contribution is 2.33. The summed E-state index contributed by atoms with van der Waals surface area (Å²) < 4.78 is 0. The minimum atomic E-state index is -0.148. The zero-order chi connectivity index (χ0) is 14.0. The first-order valence-electron chi connectivity index (χ1n) is 7.66. The highest BCUT2D eigenvalue weighted by molar-refractivity contribution is 5.30. The predicted octanol–water partition coefficient (Wildman–Crippen LogP) is 4.18. The molecule has 0 amide bonds. The Morgan fingerprint density at radius 1 is 1.05 bits per heavy atom. The summed E-state index contributed by atoms with van der Waals surface area (Å²) in [6, 6.07) is 10.5. The second kappa shape index (κ2) is 5.39. The number of nitrogens with zero attached hydrogens (tertiary/aromatic N) is 2. The third-order valence-electron chi connectivity index (χ3n) is 4.55. The van der Waals surface area contributed by atoms with Crippen molar-refractivity contribution in [2.45, 2.75) is 57.3 Å². The molecule has 1 aromatic carbocycles. The molecule has 1 aromatic heterocycles. The normalized spacial score (nSPS) is 17.3. The Labute approximate surface area is 120 Å². The summed E-state index contributed by atoms with van der Waals surface area (Å²) in [5.74, 6) is 2.57. The van der Waals surface area contributed by atoms with Crippen LogP contribution in [0.3, 0.4) is 0 Å². The van der Waals surface area contributed by atoms with Crippen molar-refractivity contribution in [3.05, 3.63) is 47.5 Å². The van der Waals surface area contributed by atoms with Crippen molar-refractivity contribution in [1.82, 2.24) is 15.2 Å². The average Bonchev–Trinajstić information content (AvgIpc) is 3.00. The predicted molar refractivity (Wildman–Crippen MR) is 80.8 cm³/mol. The number of hydrogen-bond acceptors (Lipinski definition) is 2. The van der Waals surface area contributed by atoms with E-state index in [2.05, 4.69) is 48.3 Å². The third-order valence-corrected chi connectivity index (χ3v) is 4.55. The summed E-state index contributed by atoms with van der Waals surface area (Å²) in [5.41, 5.74) is 1.11. The molecule has 1 saturated carbocycles. The third kappa shape index (κ3) is 2.49. The largest absolute Gasteiger partial charge is 0.263 e. The molecule has 3 nitrogen and oxygen atoms in total. The molecule has 1 aliphatic carbocycles. The maximum Gasteiger partial charge on any atom is 0.160 e. The Hall–Kier alpha value is -1.64. The summed E-state index contributed by atoms with van der Waals surface area (Å²) in [7, 11) is 0. The molecule has 0 aliphatic heterocycles. The lowest BCUT2D eigenvalue weighted by molar-refractivity contribution is 0.429. The van der Waals surface area contributed by atoms with E-state index in [0.29, 0.717) is 5.92 Å². The minimum Gasteiger partial charge on any atom is -0.263 e. The van der Waals surface area contributed by atoms with Crippen molar-refractivity contribution in [2.24, 2.45) is 0 Å². The van der Waals surface area contributed by atoms with Crippen LogP contribution in [0.25, 0.3) is 0 Å². The van der Waals surface area contributed by atoms with E-state index in [0.717, 1.165) is 11.6 Å². The fourth-order valence-electron chi connectivity index (χ4n) is 3.10. The molecule has 0 saturated heterocycles. The summed E-state index contributed by atoms with van der Waals surface area (Å²) in [6.07, 6.45) is 6.51. The van der Waals surface area contributed by atoms with Crippen molar-refractivity contribution in [2.75, 3.05) is 0 Å². The molecule has 1 heterocycles. The second-order valence-corrected chi connectivity index (χ2v) is 6.37. The van der Waals surface area contributed by atoms with E-state index in [4.69, 9.17) is 4.98 Å². The standard InChI is InChI=1S/C17H23N3/c1-17(2,14-11-7-4-8-12-14)16-18-15(19-20-16)13-9-5-3-6-10-13/h4,7-8,11-13H,3,5-6,9-10H2,1-2H3,(H,18,19,20). The molecule has 106 valence electrons. The quantitative estimate of drug-likeness (QED) is 0.908. The van der Waals surface area contributed by atoms with Crippen molar-refractivity contribution in [3.63, 3.8) is 0 Å². The van der Waals surface area contributed by atoms with Gasteiger partial charge in [0.1, 0.15) is 5.82 Å². The first-order chi connectivity index (χ1) is 9.68. The molecular weight excluding hydrogens is 246 g/mol. The molecule has 2 aromatic rings. The molecule has 20 heavy (non-hydrogen) atoms. The van der Waals surface area contributed by atoms with Crippen LogP contribution in [0.15, 0.2) is 30.3 Å². The molecular formula is C17H23N3. The fraction of sp³-hybridized carbons (Fsp3) is 0.529. The van der Waals surface area contributed by atoms with Crippen molar-refractivity contribution in [3.8, 4) is 0 Å². The molecule has 1 N–H and O–H groups in total. The van der Waals surface area contributed by atoms with E-state index >= 15 is 0 Å². The van der Waals surface area contributed by atoms with E-state index in [-0.39, 0.29) is 5.41 Å². The second-order valence-electron chi connectivity index (χ2n) is 6.37. The van der Waals surface area contributed by atoms with Gasteiger partial charge in [0.25, 0.3) is 0 Å². The Morgan fingerprint density at radius 2 is 1.75 bits per heavy atom. The van der Waals surface area contributed by atoms with Crippen LogP contribution in [0.5, 0.6) is 0 Å². The van der Waals surface area contributed by atoms with Gasteiger partial charge in [0, 0.05) is 5.92 Å². The van der Waals surface area contributed by atoms with Gasteiger partial charge in [0.15, 0.2) is 5.82 Å². The van der Waals surface area contributed by atoms with Gasteiger partial charge in [-0.25, -0.2) is 4.98 Å². The molecule has 3 rings (SSSR count). The lowest BCUT2D eigenvalue weighted by Gasteiger charge is -2.22.